The number of halogens is 2. The molecule has 0 fully saturated rings. The molecular formula is C17H13Cl2NO2. The summed E-state index contributed by atoms with van der Waals surface area (Å²) < 4.78 is 10.5. The van der Waals surface area contributed by atoms with Crippen molar-refractivity contribution < 1.29 is 9.47 Å². The molecule has 22 heavy (non-hydrogen) atoms. The second kappa shape index (κ2) is 7.22. The number of ether oxygens (including phenoxy) is 2. The van der Waals surface area contributed by atoms with Gasteiger partial charge in [0.2, 0.25) is 0 Å². The Balaban J connectivity index is 2.61. The number of rotatable bonds is 4. The minimum atomic E-state index is 0.515. The normalized spacial score (nSPS) is 11.0. The van der Waals surface area contributed by atoms with Crippen LogP contribution in [0.1, 0.15) is 11.1 Å². The summed E-state index contributed by atoms with van der Waals surface area (Å²) in [6.45, 7) is 0. The molecule has 112 valence electrons. The van der Waals surface area contributed by atoms with E-state index in [1.165, 1.54) is 6.08 Å². The van der Waals surface area contributed by atoms with Gasteiger partial charge in [-0.05, 0) is 35.9 Å². The number of allylic oxidation sites excluding steroid dienone is 1. The minimum absolute atomic E-state index is 0.515. The molecule has 5 heteroatoms. The molecule has 0 N–H and O–H groups in total. The van der Waals surface area contributed by atoms with Crippen LogP contribution in [0.3, 0.4) is 0 Å². The van der Waals surface area contributed by atoms with Gasteiger partial charge in [-0.15, -0.1) is 0 Å². The van der Waals surface area contributed by atoms with Crippen LogP contribution in [0.4, 0.5) is 0 Å². The van der Waals surface area contributed by atoms with Gasteiger partial charge in [0, 0.05) is 27.3 Å². The van der Waals surface area contributed by atoms with Gasteiger partial charge in [-0.25, -0.2) is 0 Å². The molecule has 0 saturated carbocycles. The Kier molecular flexibility index (Phi) is 5.32. The zero-order valence-electron chi connectivity index (χ0n) is 12.1. The molecule has 3 nitrogen and oxygen atoms in total. The van der Waals surface area contributed by atoms with Crippen molar-refractivity contribution in [3.63, 3.8) is 0 Å². The standard InChI is InChI=1S/C17H13Cl2NO2/c1-21-16-6-3-11(9-17(16)22-2)13(7-8-20)14-10-12(18)4-5-15(14)19/h3-7,9-10H,1-2H3. The first-order valence-electron chi connectivity index (χ1n) is 6.38. The number of nitrogens with zero attached hydrogens (tertiary/aromatic N) is 1. The topological polar surface area (TPSA) is 42.2 Å². The first kappa shape index (κ1) is 16.2. The molecule has 0 aliphatic rings. The second-order valence-electron chi connectivity index (χ2n) is 4.38. The van der Waals surface area contributed by atoms with Crippen molar-refractivity contribution in [2.24, 2.45) is 0 Å². The highest BCUT2D eigenvalue weighted by atomic mass is 35.5. The molecule has 2 aromatic rings. The van der Waals surface area contributed by atoms with Gasteiger partial charge in [0.25, 0.3) is 0 Å². The molecule has 0 atom stereocenters. The highest BCUT2D eigenvalue weighted by Gasteiger charge is 2.13. The van der Waals surface area contributed by atoms with Crippen LogP contribution in [0.25, 0.3) is 5.57 Å². The van der Waals surface area contributed by atoms with Crippen molar-refractivity contribution in [2.45, 2.75) is 0 Å². The van der Waals surface area contributed by atoms with Crippen LogP contribution in [-0.4, -0.2) is 14.2 Å². The highest BCUT2D eigenvalue weighted by Crippen LogP contribution is 2.35. The van der Waals surface area contributed by atoms with Crippen molar-refractivity contribution in [3.8, 4) is 17.6 Å². The lowest BCUT2D eigenvalue weighted by Gasteiger charge is -2.13. The lowest BCUT2D eigenvalue weighted by atomic mass is 9.97. The Morgan fingerprint density at radius 3 is 2.41 bits per heavy atom. The average molecular weight is 334 g/mol. The summed E-state index contributed by atoms with van der Waals surface area (Å²) in [5, 5.41) is 10.1. The van der Waals surface area contributed by atoms with Gasteiger partial charge in [-0.1, -0.05) is 29.3 Å². The van der Waals surface area contributed by atoms with Crippen LogP contribution in [0.5, 0.6) is 11.5 Å². The number of hydrogen-bond donors (Lipinski definition) is 0. The lowest BCUT2D eigenvalue weighted by Crippen LogP contribution is -1.94. The van der Waals surface area contributed by atoms with Gasteiger partial charge in [0.05, 0.1) is 20.3 Å². The van der Waals surface area contributed by atoms with Crippen LogP contribution in [0.15, 0.2) is 42.5 Å². The van der Waals surface area contributed by atoms with E-state index in [4.69, 9.17) is 37.9 Å². The molecule has 0 unspecified atom stereocenters. The van der Waals surface area contributed by atoms with Crippen molar-refractivity contribution in [3.05, 3.63) is 63.6 Å². The second-order valence-corrected chi connectivity index (χ2v) is 5.22. The smallest absolute Gasteiger partial charge is 0.161 e. The molecule has 0 aliphatic carbocycles. The molecule has 0 aromatic heterocycles. The quantitative estimate of drug-likeness (QED) is 0.742. The third-order valence-electron chi connectivity index (χ3n) is 3.12. The molecule has 2 aromatic carbocycles. The predicted octanol–water partition coefficient (Wildman–Crippen LogP) is 4.97. The Hall–Kier alpha value is -2.15. The molecule has 0 saturated heterocycles. The Morgan fingerprint density at radius 2 is 1.77 bits per heavy atom. The van der Waals surface area contributed by atoms with Gasteiger partial charge in [0.15, 0.2) is 11.5 Å². The maximum atomic E-state index is 9.09. The fourth-order valence-corrected chi connectivity index (χ4v) is 2.48. The van der Waals surface area contributed by atoms with Crippen molar-refractivity contribution in [1.29, 1.82) is 5.26 Å². The van der Waals surface area contributed by atoms with E-state index in [-0.39, 0.29) is 0 Å². The summed E-state index contributed by atoms with van der Waals surface area (Å²) in [6, 6.07) is 12.6. The minimum Gasteiger partial charge on any atom is -0.493 e. The summed E-state index contributed by atoms with van der Waals surface area (Å²) in [5.74, 6) is 1.18. The van der Waals surface area contributed by atoms with Crippen molar-refractivity contribution >= 4 is 28.8 Å². The highest BCUT2D eigenvalue weighted by molar-refractivity contribution is 6.34. The fraction of sp³-hybridized carbons (Fsp3) is 0.118. The third kappa shape index (κ3) is 3.36. The van der Waals surface area contributed by atoms with Crippen molar-refractivity contribution in [2.75, 3.05) is 14.2 Å². The van der Waals surface area contributed by atoms with Crippen LogP contribution in [0, 0.1) is 11.3 Å². The Labute approximate surface area is 139 Å². The van der Waals surface area contributed by atoms with E-state index >= 15 is 0 Å². The monoisotopic (exact) mass is 333 g/mol. The summed E-state index contributed by atoms with van der Waals surface area (Å²) in [4.78, 5) is 0. The molecule has 0 radical (unpaired) electrons. The van der Waals surface area contributed by atoms with E-state index in [0.717, 1.165) is 5.56 Å². The van der Waals surface area contributed by atoms with Gasteiger partial charge in [-0.2, -0.15) is 5.26 Å². The largest absolute Gasteiger partial charge is 0.493 e. The van der Waals surface area contributed by atoms with E-state index < -0.39 is 0 Å². The first-order chi connectivity index (χ1) is 10.6. The Bertz CT molecular complexity index is 764. The summed E-state index contributed by atoms with van der Waals surface area (Å²) in [6.07, 6.45) is 1.43. The van der Waals surface area contributed by atoms with Crippen LogP contribution < -0.4 is 9.47 Å². The molecule has 2 rings (SSSR count). The van der Waals surface area contributed by atoms with Gasteiger partial charge >= 0.3 is 0 Å². The van der Waals surface area contributed by atoms with Crippen LogP contribution in [0.2, 0.25) is 10.0 Å². The maximum absolute atomic E-state index is 9.09. The average Bonchev–Trinajstić information content (AvgIpc) is 2.54. The number of benzene rings is 2. The van der Waals surface area contributed by atoms with E-state index in [1.807, 2.05) is 12.1 Å². The number of methoxy groups -OCH3 is 2. The number of hydrogen-bond acceptors (Lipinski definition) is 3. The van der Waals surface area contributed by atoms with E-state index in [2.05, 4.69) is 0 Å². The molecule has 0 amide bonds. The molecule has 0 heterocycles. The molecular weight excluding hydrogens is 321 g/mol. The summed E-state index contributed by atoms with van der Waals surface area (Å²) >= 11 is 12.3. The van der Waals surface area contributed by atoms with Crippen molar-refractivity contribution in [1.82, 2.24) is 0 Å². The summed E-state index contributed by atoms with van der Waals surface area (Å²) in [5.41, 5.74) is 2.13. The Morgan fingerprint density at radius 1 is 1.05 bits per heavy atom. The van der Waals surface area contributed by atoms with Gasteiger partial charge < -0.3 is 9.47 Å². The number of nitriles is 1. The molecule has 0 bridgehead atoms. The third-order valence-corrected chi connectivity index (χ3v) is 3.69. The van der Waals surface area contributed by atoms with E-state index in [1.54, 1.807) is 44.6 Å². The maximum Gasteiger partial charge on any atom is 0.161 e. The van der Waals surface area contributed by atoms with E-state index in [0.29, 0.717) is 32.7 Å². The van der Waals surface area contributed by atoms with Gasteiger partial charge in [-0.3, -0.25) is 0 Å². The zero-order chi connectivity index (χ0) is 16.1. The molecule has 0 aliphatic heterocycles. The van der Waals surface area contributed by atoms with E-state index in [9.17, 15) is 0 Å². The summed E-state index contributed by atoms with van der Waals surface area (Å²) in [7, 11) is 3.12. The fourth-order valence-electron chi connectivity index (χ4n) is 2.09. The zero-order valence-corrected chi connectivity index (χ0v) is 13.6. The molecule has 0 spiro atoms. The lowest BCUT2D eigenvalue weighted by molar-refractivity contribution is 0.355. The predicted molar refractivity (Wildman–Crippen MR) is 88.7 cm³/mol. The SMILES string of the molecule is COc1ccc(C(=CC#N)c2cc(Cl)ccc2Cl)cc1OC. The van der Waals surface area contributed by atoms with Crippen LogP contribution in [-0.2, 0) is 0 Å². The van der Waals surface area contributed by atoms with Gasteiger partial charge in [0.1, 0.15) is 0 Å². The first-order valence-corrected chi connectivity index (χ1v) is 7.14. The van der Waals surface area contributed by atoms with Crippen LogP contribution >= 0.6 is 23.2 Å².